The van der Waals surface area contributed by atoms with Gasteiger partial charge in [-0.1, -0.05) is 34.1 Å². The molecule has 1 N–H and O–H groups in total. The molecular weight excluding hydrogens is 294 g/mol. The van der Waals surface area contributed by atoms with E-state index >= 15 is 0 Å². The van der Waals surface area contributed by atoms with Crippen LogP contribution in [-0.2, 0) is 0 Å². The van der Waals surface area contributed by atoms with Gasteiger partial charge >= 0.3 is 0 Å². The van der Waals surface area contributed by atoms with Crippen molar-refractivity contribution in [3.05, 3.63) is 55.7 Å². The van der Waals surface area contributed by atoms with Crippen LogP contribution in [0.1, 0.15) is 26.9 Å². The molecule has 1 heterocycles. The fraction of sp³-hybridized carbons (Fsp3) is 0.286. The van der Waals surface area contributed by atoms with Gasteiger partial charge in [0.05, 0.1) is 6.04 Å². The van der Waals surface area contributed by atoms with Gasteiger partial charge in [-0.3, -0.25) is 0 Å². The van der Waals surface area contributed by atoms with Crippen molar-refractivity contribution in [2.75, 3.05) is 7.05 Å². The molecule has 1 aromatic heterocycles. The molecular formula is C14H16BrNS. The molecule has 0 bridgehead atoms. The number of rotatable bonds is 3. The van der Waals surface area contributed by atoms with Gasteiger partial charge in [0.2, 0.25) is 0 Å². The van der Waals surface area contributed by atoms with Crippen LogP contribution in [0.4, 0.5) is 0 Å². The molecule has 0 fully saturated rings. The van der Waals surface area contributed by atoms with E-state index in [0.717, 1.165) is 4.47 Å². The number of halogens is 1. The van der Waals surface area contributed by atoms with E-state index in [1.807, 2.05) is 24.5 Å². The van der Waals surface area contributed by atoms with Crippen LogP contribution < -0.4 is 5.32 Å². The molecule has 2 aromatic rings. The normalized spacial score (nSPS) is 12.7. The fourth-order valence-corrected chi connectivity index (χ4v) is 3.76. The van der Waals surface area contributed by atoms with Crippen LogP contribution in [0.5, 0.6) is 0 Å². The molecule has 0 spiro atoms. The lowest BCUT2D eigenvalue weighted by Gasteiger charge is -2.17. The van der Waals surface area contributed by atoms with E-state index in [9.17, 15) is 0 Å². The number of hydrogen-bond donors (Lipinski definition) is 1. The molecule has 0 saturated heterocycles. The standard InChI is InChI=1S/C14H16BrNS/c1-9-8-10(2)17-14(9)13(16-3)11-6-4-5-7-12(11)15/h4-8,13,16H,1-3H3. The average Bonchev–Trinajstić information content (AvgIpc) is 2.62. The van der Waals surface area contributed by atoms with Crippen LogP contribution in [0.25, 0.3) is 0 Å². The van der Waals surface area contributed by atoms with Crippen molar-refractivity contribution in [3.63, 3.8) is 0 Å². The number of benzene rings is 1. The Labute approximate surface area is 115 Å². The molecule has 0 amide bonds. The summed E-state index contributed by atoms with van der Waals surface area (Å²) in [6.45, 7) is 4.34. The van der Waals surface area contributed by atoms with Crippen molar-refractivity contribution >= 4 is 27.3 Å². The van der Waals surface area contributed by atoms with Crippen molar-refractivity contribution in [3.8, 4) is 0 Å². The van der Waals surface area contributed by atoms with Gasteiger partial charge in [-0.25, -0.2) is 0 Å². The van der Waals surface area contributed by atoms with Gasteiger partial charge in [0.15, 0.2) is 0 Å². The summed E-state index contributed by atoms with van der Waals surface area (Å²) in [5.74, 6) is 0. The maximum Gasteiger partial charge on any atom is 0.0682 e. The summed E-state index contributed by atoms with van der Waals surface area (Å²) in [7, 11) is 2.01. The first kappa shape index (κ1) is 12.8. The molecule has 90 valence electrons. The predicted octanol–water partition coefficient (Wildman–Crippen LogP) is 4.44. The highest BCUT2D eigenvalue weighted by Gasteiger charge is 2.18. The second-order valence-corrected chi connectivity index (χ2v) is 6.29. The van der Waals surface area contributed by atoms with Gasteiger partial charge in [0.25, 0.3) is 0 Å². The smallest absolute Gasteiger partial charge is 0.0682 e. The van der Waals surface area contributed by atoms with Gasteiger partial charge in [-0.15, -0.1) is 11.3 Å². The summed E-state index contributed by atoms with van der Waals surface area (Å²) < 4.78 is 1.16. The van der Waals surface area contributed by atoms with E-state index in [1.165, 1.54) is 20.9 Å². The van der Waals surface area contributed by atoms with Gasteiger partial charge in [0, 0.05) is 14.2 Å². The molecule has 0 saturated carbocycles. The van der Waals surface area contributed by atoms with Crippen molar-refractivity contribution in [2.45, 2.75) is 19.9 Å². The van der Waals surface area contributed by atoms with Crippen LogP contribution in [0.2, 0.25) is 0 Å². The SMILES string of the molecule is CNC(c1ccccc1Br)c1sc(C)cc1C. The Kier molecular flexibility index (Phi) is 4.02. The second-order valence-electron chi connectivity index (χ2n) is 4.15. The third kappa shape index (κ3) is 2.62. The van der Waals surface area contributed by atoms with E-state index in [4.69, 9.17) is 0 Å². The number of aryl methyl sites for hydroxylation is 2. The third-order valence-electron chi connectivity index (χ3n) is 2.85. The molecule has 1 aromatic carbocycles. The first-order valence-corrected chi connectivity index (χ1v) is 7.23. The zero-order chi connectivity index (χ0) is 12.4. The van der Waals surface area contributed by atoms with E-state index in [1.54, 1.807) is 0 Å². The molecule has 17 heavy (non-hydrogen) atoms. The topological polar surface area (TPSA) is 12.0 Å². The van der Waals surface area contributed by atoms with Gasteiger partial charge in [-0.05, 0) is 44.2 Å². The minimum Gasteiger partial charge on any atom is -0.309 e. The molecule has 0 aliphatic rings. The van der Waals surface area contributed by atoms with Crippen LogP contribution in [0.3, 0.4) is 0 Å². The molecule has 0 radical (unpaired) electrons. The van der Waals surface area contributed by atoms with E-state index < -0.39 is 0 Å². The lowest BCUT2D eigenvalue weighted by molar-refractivity contribution is 0.697. The largest absolute Gasteiger partial charge is 0.309 e. The zero-order valence-corrected chi connectivity index (χ0v) is 12.7. The molecule has 0 aliphatic carbocycles. The Bertz CT molecular complexity index is 519. The van der Waals surface area contributed by atoms with Crippen molar-refractivity contribution in [2.24, 2.45) is 0 Å². The summed E-state index contributed by atoms with van der Waals surface area (Å²) in [5.41, 5.74) is 2.66. The summed E-state index contributed by atoms with van der Waals surface area (Å²) in [6, 6.07) is 10.9. The Morgan fingerprint density at radius 2 is 1.94 bits per heavy atom. The number of thiophene rings is 1. The molecule has 3 heteroatoms. The number of nitrogens with one attached hydrogen (secondary N) is 1. The van der Waals surface area contributed by atoms with Gasteiger partial charge < -0.3 is 5.32 Å². The fourth-order valence-electron chi connectivity index (χ4n) is 2.08. The minimum atomic E-state index is 0.268. The first-order chi connectivity index (χ1) is 8.13. The van der Waals surface area contributed by atoms with E-state index in [0.29, 0.717) is 0 Å². The van der Waals surface area contributed by atoms with E-state index in [2.05, 4.69) is 59.4 Å². The molecule has 2 rings (SSSR count). The van der Waals surface area contributed by atoms with Crippen molar-refractivity contribution < 1.29 is 0 Å². The quantitative estimate of drug-likeness (QED) is 0.884. The monoisotopic (exact) mass is 309 g/mol. The lowest BCUT2D eigenvalue weighted by atomic mass is 10.0. The summed E-state index contributed by atoms with van der Waals surface area (Å²) >= 11 is 5.50. The molecule has 1 nitrogen and oxygen atoms in total. The maximum absolute atomic E-state index is 3.63. The third-order valence-corrected chi connectivity index (χ3v) is 4.79. The highest BCUT2D eigenvalue weighted by atomic mass is 79.9. The summed E-state index contributed by atoms with van der Waals surface area (Å²) in [5, 5.41) is 3.41. The first-order valence-electron chi connectivity index (χ1n) is 5.62. The van der Waals surface area contributed by atoms with Crippen molar-refractivity contribution in [1.29, 1.82) is 0 Å². The maximum atomic E-state index is 3.63. The Morgan fingerprint density at radius 1 is 1.24 bits per heavy atom. The van der Waals surface area contributed by atoms with Crippen molar-refractivity contribution in [1.82, 2.24) is 5.32 Å². The highest BCUT2D eigenvalue weighted by molar-refractivity contribution is 9.10. The molecule has 1 atom stereocenters. The summed E-state index contributed by atoms with van der Waals surface area (Å²) in [4.78, 5) is 2.77. The van der Waals surface area contributed by atoms with Crippen LogP contribution in [-0.4, -0.2) is 7.05 Å². The second kappa shape index (κ2) is 5.34. The summed E-state index contributed by atoms with van der Waals surface area (Å²) in [6.07, 6.45) is 0. The molecule has 0 aliphatic heterocycles. The van der Waals surface area contributed by atoms with Gasteiger partial charge in [0.1, 0.15) is 0 Å². The Morgan fingerprint density at radius 3 is 2.47 bits per heavy atom. The Hall–Kier alpha value is -0.640. The van der Waals surface area contributed by atoms with Crippen LogP contribution in [0, 0.1) is 13.8 Å². The van der Waals surface area contributed by atoms with Crippen LogP contribution in [0.15, 0.2) is 34.8 Å². The van der Waals surface area contributed by atoms with Crippen LogP contribution >= 0.6 is 27.3 Å². The molecule has 1 unspecified atom stereocenters. The number of hydrogen-bond acceptors (Lipinski definition) is 2. The average molecular weight is 310 g/mol. The van der Waals surface area contributed by atoms with E-state index in [-0.39, 0.29) is 6.04 Å². The minimum absolute atomic E-state index is 0.268. The predicted molar refractivity (Wildman–Crippen MR) is 78.8 cm³/mol. The van der Waals surface area contributed by atoms with Gasteiger partial charge in [-0.2, -0.15) is 0 Å². The zero-order valence-electron chi connectivity index (χ0n) is 10.3. The Balaban J connectivity index is 2.47. The highest BCUT2D eigenvalue weighted by Crippen LogP contribution is 2.34. The lowest BCUT2D eigenvalue weighted by Crippen LogP contribution is -2.17.